The van der Waals surface area contributed by atoms with Gasteiger partial charge in [-0.25, -0.2) is 0 Å². The Bertz CT molecular complexity index is 501. The summed E-state index contributed by atoms with van der Waals surface area (Å²) in [6.07, 6.45) is 1.55. The molecule has 134 valence electrons. The fraction of sp³-hybridized carbons (Fsp3) is 0.684. The average molecular weight is 335 g/mol. The molecule has 2 heterocycles. The molecule has 0 aromatic heterocycles. The van der Waals surface area contributed by atoms with Crippen molar-refractivity contribution in [2.45, 2.75) is 25.9 Å². The molecule has 3 rings (SSSR count). The lowest BCUT2D eigenvalue weighted by molar-refractivity contribution is -0.150. The molecule has 0 spiro atoms. The summed E-state index contributed by atoms with van der Waals surface area (Å²) in [5.74, 6) is 1.14. The third kappa shape index (κ3) is 3.91. The Morgan fingerprint density at radius 3 is 2.42 bits per heavy atom. The van der Waals surface area contributed by atoms with Crippen LogP contribution >= 0.6 is 0 Å². The predicted octanol–water partition coefficient (Wildman–Crippen LogP) is 1.84. The summed E-state index contributed by atoms with van der Waals surface area (Å²) in [6.45, 7) is 6.99. The van der Waals surface area contributed by atoms with E-state index < -0.39 is 6.10 Å². The minimum absolute atomic E-state index is 0.0550. The van der Waals surface area contributed by atoms with E-state index in [9.17, 15) is 10.2 Å². The van der Waals surface area contributed by atoms with Crippen LogP contribution in [-0.4, -0.2) is 61.2 Å². The van der Waals surface area contributed by atoms with Gasteiger partial charge in [-0.05, 0) is 56.5 Å². The Morgan fingerprint density at radius 2 is 1.92 bits per heavy atom. The molecule has 2 aliphatic rings. The van der Waals surface area contributed by atoms with Crippen molar-refractivity contribution in [1.82, 2.24) is 4.90 Å². The summed E-state index contributed by atoms with van der Waals surface area (Å²) in [5.41, 5.74) is 0.914. The van der Waals surface area contributed by atoms with Gasteiger partial charge >= 0.3 is 0 Å². The number of benzene rings is 1. The third-order valence-corrected chi connectivity index (χ3v) is 5.32. The molecule has 0 aliphatic carbocycles. The highest BCUT2D eigenvalue weighted by molar-refractivity contribution is 5.28. The van der Waals surface area contributed by atoms with Gasteiger partial charge < -0.3 is 24.6 Å². The van der Waals surface area contributed by atoms with Crippen molar-refractivity contribution in [3.05, 3.63) is 29.8 Å². The summed E-state index contributed by atoms with van der Waals surface area (Å²) in [5, 5.41) is 20.2. The zero-order chi connectivity index (χ0) is 17.0. The van der Waals surface area contributed by atoms with Gasteiger partial charge in [0, 0.05) is 6.54 Å². The highest BCUT2D eigenvalue weighted by Gasteiger charge is 2.40. The minimum atomic E-state index is -0.415. The Kier molecular flexibility index (Phi) is 5.76. The second-order valence-corrected chi connectivity index (χ2v) is 7.21. The molecule has 2 aliphatic heterocycles. The third-order valence-electron chi connectivity index (χ3n) is 5.32. The largest absolute Gasteiger partial charge is 0.494 e. The molecule has 1 atom stereocenters. The van der Waals surface area contributed by atoms with Crippen LogP contribution in [0.5, 0.6) is 5.75 Å². The number of aliphatic hydroxyl groups is 2. The Morgan fingerprint density at radius 1 is 1.25 bits per heavy atom. The topological polar surface area (TPSA) is 62.2 Å². The van der Waals surface area contributed by atoms with Crippen molar-refractivity contribution >= 4 is 0 Å². The summed E-state index contributed by atoms with van der Waals surface area (Å²) >= 11 is 0. The molecular weight excluding hydrogens is 306 g/mol. The zero-order valence-corrected chi connectivity index (χ0v) is 14.5. The fourth-order valence-electron chi connectivity index (χ4n) is 3.72. The van der Waals surface area contributed by atoms with Gasteiger partial charge in [-0.1, -0.05) is 12.1 Å². The highest BCUT2D eigenvalue weighted by atomic mass is 16.5. The van der Waals surface area contributed by atoms with E-state index in [2.05, 4.69) is 4.90 Å². The highest BCUT2D eigenvalue weighted by Crippen LogP contribution is 2.34. The van der Waals surface area contributed by atoms with Crippen molar-refractivity contribution < 1.29 is 19.7 Å². The molecule has 2 N–H and O–H groups in total. The van der Waals surface area contributed by atoms with E-state index in [4.69, 9.17) is 9.47 Å². The van der Waals surface area contributed by atoms with E-state index in [1.54, 1.807) is 0 Å². The lowest BCUT2D eigenvalue weighted by Crippen LogP contribution is -2.54. The molecule has 2 fully saturated rings. The van der Waals surface area contributed by atoms with Crippen LogP contribution in [0.3, 0.4) is 0 Å². The maximum atomic E-state index is 10.7. The van der Waals surface area contributed by atoms with Gasteiger partial charge in [0.2, 0.25) is 0 Å². The van der Waals surface area contributed by atoms with Gasteiger partial charge in [0.1, 0.15) is 5.75 Å². The van der Waals surface area contributed by atoms with Gasteiger partial charge in [-0.15, -0.1) is 0 Å². The lowest BCUT2D eigenvalue weighted by atomic mass is 9.83. The van der Waals surface area contributed by atoms with E-state index >= 15 is 0 Å². The fourth-order valence-corrected chi connectivity index (χ4v) is 3.72. The van der Waals surface area contributed by atoms with Gasteiger partial charge in [0.05, 0.1) is 37.9 Å². The zero-order valence-electron chi connectivity index (χ0n) is 14.5. The molecule has 2 saturated heterocycles. The second-order valence-electron chi connectivity index (χ2n) is 7.21. The first kappa shape index (κ1) is 17.7. The number of hydrogen-bond acceptors (Lipinski definition) is 5. The van der Waals surface area contributed by atoms with Crippen molar-refractivity contribution in [3.8, 4) is 5.75 Å². The average Bonchev–Trinajstić information content (AvgIpc) is 2.59. The van der Waals surface area contributed by atoms with Gasteiger partial charge in [0.15, 0.2) is 0 Å². The van der Waals surface area contributed by atoms with Crippen LogP contribution in [0.2, 0.25) is 0 Å². The maximum Gasteiger partial charge on any atom is 0.119 e. The van der Waals surface area contributed by atoms with E-state index in [0.717, 1.165) is 43.8 Å². The molecule has 24 heavy (non-hydrogen) atoms. The molecule has 1 aromatic carbocycles. The smallest absolute Gasteiger partial charge is 0.119 e. The monoisotopic (exact) mass is 335 g/mol. The van der Waals surface area contributed by atoms with Crippen LogP contribution in [0.1, 0.15) is 31.4 Å². The quantitative estimate of drug-likeness (QED) is 0.796. The number of aliphatic hydroxyl groups excluding tert-OH is 2. The molecule has 0 saturated carbocycles. The van der Waals surface area contributed by atoms with Crippen LogP contribution in [0.4, 0.5) is 0 Å². The molecule has 5 nitrogen and oxygen atoms in total. The molecule has 0 radical (unpaired) electrons. The number of ether oxygens (including phenoxy) is 2. The Labute approximate surface area is 144 Å². The second kappa shape index (κ2) is 7.83. The molecule has 0 bridgehead atoms. The molecule has 1 aromatic rings. The number of nitrogens with zero attached hydrogens (tertiary/aromatic N) is 1. The first-order valence-electron chi connectivity index (χ1n) is 8.97. The van der Waals surface area contributed by atoms with E-state index in [1.807, 2.05) is 31.2 Å². The molecule has 0 amide bonds. The van der Waals surface area contributed by atoms with Crippen molar-refractivity contribution in [2.75, 3.05) is 46.1 Å². The van der Waals surface area contributed by atoms with Gasteiger partial charge in [-0.2, -0.15) is 0 Å². The summed E-state index contributed by atoms with van der Waals surface area (Å²) in [7, 11) is 0. The lowest BCUT2D eigenvalue weighted by Gasteiger charge is -2.45. The van der Waals surface area contributed by atoms with Crippen LogP contribution in [0.25, 0.3) is 0 Å². The first-order valence-corrected chi connectivity index (χ1v) is 8.97. The first-order chi connectivity index (χ1) is 11.7. The standard InChI is InChI=1S/C19H29NO4/c1-2-24-17-5-3-15(4-6-17)18(22)16-7-9-20(10-8-16)11-19(12-21)13-23-14-19/h3-6,16,18,21-22H,2,7-14H2,1H3. The molecular formula is C19H29NO4. The van der Waals surface area contributed by atoms with E-state index in [-0.39, 0.29) is 12.0 Å². The maximum absolute atomic E-state index is 10.7. The predicted molar refractivity (Wildman–Crippen MR) is 92.1 cm³/mol. The van der Waals surface area contributed by atoms with Gasteiger partial charge in [-0.3, -0.25) is 0 Å². The van der Waals surface area contributed by atoms with Crippen LogP contribution in [0, 0.1) is 11.3 Å². The molecule has 5 heteroatoms. The number of likely N-dealkylation sites (tertiary alicyclic amines) is 1. The summed E-state index contributed by atoms with van der Waals surface area (Å²) in [4.78, 5) is 2.40. The minimum Gasteiger partial charge on any atom is -0.494 e. The number of piperidine rings is 1. The number of hydrogen-bond donors (Lipinski definition) is 2. The Balaban J connectivity index is 1.50. The summed E-state index contributed by atoms with van der Waals surface area (Å²) < 4.78 is 10.7. The van der Waals surface area contributed by atoms with Crippen LogP contribution in [0.15, 0.2) is 24.3 Å². The molecule has 1 unspecified atom stereocenters. The van der Waals surface area contributed by atoms with E-state index in [1.165, 1.54) is 0 Å². The van der Waals surface area contributed by atoms with Crippen molar-refractivity contribution in [2.24, 2.45) is 11.3 Å². The SMILES string of the molecule is CCOc1ccc(C(O)C2CCN(CC3(CO)COC3)CC2)cc1. The van der Waals surface area contributed by atoms with E-state index in [0.29, 0.717) is 25.7 Å². The van der Waals surface area contributed by atoms with Gasteiger partial charge in [0.25, 0.3) is 0 Å². The normalized spacial score (nSPS) is 22.8. The van der Waals surface area contributed by atoms with Crippen LogP contribution < -0.4 is 4.74 Å². The summed E-state index contributed by atoms with van der Waals surface area (Å²) in [6, 6.07) is 7.79. The Hall–Kier alpha value is -1.14. The number of rotatable bonds is 7. The van der Waals surface area contributed by atoms with Crippen molar-refractivity contribution in [3.63, 3.8) is 0 Å². The van der Waals surface area contributed by atoms with Crippen molar-refractivity contribution in [1.29, 1.82) is 0 Å². The van der Waals surface area contributed by atoms with Crippen LogP contribution in [-0.2, 0) is 4.74 Å².